The second-order valence-electron chi connectivity index (χ2n) is 10.1. The number of amides is 1. The van der Waals surface area contributed by atoms with Gasteiger partial charge in [0.25, 0.3) is 0 Å². The first kappa shape index (κ1) is 27.4. The molecule has 0 spiro atoms. The van der Waals surface area contributed by atoms with Crippen molar-refractivity contribution in [2.45, 2.75) is 40.0 Å². The van der Waals surface area contributed by atoms with E-state index in [1.54, 1.807) is 37.4 Å². The number of H-pyrrole nitrogens is 2. The summed E-state index contributed by atoms with van der Waals surface area (Å²) in [6.45, 7) is 5.20. The zero-order valence-electron chi connectivity index (χ0n) is 23.3. The number of carbonyl (C=O) groups excluding carboxylic acids is 2. The summed E-state index contributed by atoms with van der Waals surface area (Å²) < 4.78 is 16.3. The van der Waals surface area contributed by atoms with Gasteiger partial charge in [0, 0.05) is 40.0 Å². The molecule has 0 radical (unpaired) electrons. The van der Waals surface area contributed by atoms with Crippen LogP contribution < -0.4 is 5.32 Å². The van der Waals surface area contributed by atoms with E-state index in [0.29, 0.717) is 38.8 Å². The van der Waals surface area contributed by atoms with E-state index < -0.39 is 5.82 Å². The molecule has 0 unspecified atom stereocenters. The van der Waals surface area contributed by atoms with Crippen LogP contribution in [0.1, 0.15) is 55.3 Å². The van der Waals surface area contributed by atoms with Crippen molar-refractivity contribution in [1.29, 1.82) is 0 Å². The Morgan fingerprint density at radius 2 is 1.98 bits per heavy atom. The number of fused-ring (bicyclic) bond motifs is 2. The fourth-order valence-electron chi connectivity index (χ4n) is 4.93. The Hall–Kier alpha value is -4.77. The summed E-state index contributed by atoms with van der Waals surface area (Å²) >= 11 is 1.39. The number of imidazole rings is 1. The maximum Gasteiger partial charge on any atom is 0.227 e. The minimum atomic E-state index is -0.517. The third-order valence-electron chi connectivity index (χ3n) is 7.39. The fraction of sp³-hybridized carbons (Fsp3) is 0.226. The highest BCUT2D eigenvalue weighted by molar-refractivity contribution is 7.17. The van der Waals surface area contributed by atoms with E-state index in [2.05, 4.69) is 35.5 Å². The molecule has 5 heterocycles. The second-order valence-corrected chi connectivity index (χ2v) is 11.2. The standard InChI is InChI=1S/C31H28FN7O2S/c1-4-7-19(35-31(41)18-8-6-9-18)14-17(5-2)21-15-34-28-24(25(21)32)27(38-39-28)30-36-26-20(12-13-33-29(26)37-30)23-11-10-22(42-23)16(3)40/h4-5,7,10-15,18H,6,8-9H2,1-3H3,(H,35,41)(H,33,36,37)(H,34,38,39)/b7-4+,17-5+,19-14+. The smallest absolute Gasteiger partial charge is 0.227 e. The fourth-order valence-corrected chi connectivity index (χ4v) is 5.87. The Balaban J connectivity index is 1.40. The van der Waals surface area contributed by atoms with Gasteiger partial charge in [0.1, 0.15) is 11.5 Å². The number of nitrogens with zero attached hydrogens (tertiary/aromatic N) is 4. The van der Waals surface area contributed by atoms with E-state index in [1.807, 2.05) is 25.1 Å². The summed E-state index contributed by atoms with van der Waals surface area (Å²) in [5, 5.41) is 10.3. The molecule has 1 aliphatic rings. The van der Waals surface area contributed by atoms with Gasteiger partial charge < -0.3 is 10.3 Å². The Morgan fingerprint density at radius 3 is 2.67 bits per heavy atom. The average Bonchev–Trinajstić information content (AvgIpc) is 3.69. The topological polar surface area (TPSA) is 129 Å². The molecule has 212 valence electrons. The van der Waals surface area contributed by atoms with Crippen LogP contribution in [-0.4, -0.2) is 41.8 Å². The Bertz CT molecular complexity index is 1940. The van der Waals surface area contributed by atoms with Crippen molar-refractivity contribution in [3.63, 3.8) is 0 Å². The highest BCUT2D eigenvalue weighted by atomic mass is 32.1. The maximum atomic E-state index is 16.3. The van der Waals surface area contributed by atoms with Gasteiger partial charge in [-0.25, -0.2) is 19.3 Å². The molecule has 6 rings (SSSR count). The monoisotopic (exact) mass is 581 g/mol. The van der Waals surface area contributed by atoms with E-state index >= 15 is 4.39 Å². The van der Waals surface area contributed by atoms with E-state index in [0.717, 1.165) is 29.7 Å². The first-order valence-electron chi connectivity index (χ1n) is 13.7. The quantitative estimate of drug-likeness (QED) is 0.137. The highest BCUT2D eigenvalue weighted by Gasteiger charge is 2.26. The molecule has 42 heavy (non-hydrogen) atoms. The maximum absolute atomic E-state index is 16.3. The van der Waals surface area contributed by atoms with Crippen molar-refractivity contribution in [2.24, 2.45) is 5.92 Å². The minimum Gasteiger partial charge on any atom is -0.335 e. The molecule has 1 aliphatic carbocycles. The number of hydrogen-bond donors (Lipinski definition) is 3. The van der Waals surface area contributed by atoms with Gasteiger partial charge in [-0.15, -0.1) is 11.3 Å². The average molecular weight is 582 g/mol. The first-order valence-corrected chi connectivity index (χ1v) is 14.5. The van der Waals surface area contributed by atoms with Gasteiger partial charge in [0.05, 0.1) is 15.8 Å². The van der Waals surface area contributed by atoms with Gasteiger partial charge in [-0.05, 0) is 69.5 Å². The Kier molecular flexibility index (Phi) is 7.34. The van der Waals surface area contributed by atoms with Crippen LogP contribution in [0.5, 0.6) is 0 Å². The summed E-state index contributed by atoms with van der Waals surface area (Å²) in [6, 6.07) is 5.54. The second kappa shape index (κ2) is 11.2. The summed E-state index contributed by atoms with van der Waals surface area (Å²) in [5.41, 5.74) is 3.88. The number of Topliss-reactive ketones (excluding diaryl/α,β-unsaturated/α-hetero) is 1. The van der Waals surface area contributed by atoms with Crippen LogP contribution in [0.3, 0.4) is 0 Å². The van der Waals surface area contributed by atoms with Crippen molar-refractivity contribution in [3.8, 4) is 22.0 Å². The number of halogens is 1. The zero-order chi connectivity index (χ0) is 29.4. The van der Waals surface area contributed by atoms with Crippen LogP contribution in [0.15, 0.2) is 60.6 Å². The van der Waals surface area contributed by atoms with Crippen molar-refractivity contribution >= 4 is 50.8 Å². The molecule has 0 bridgehead atoms. The molecule has 9 nitrogen and oxygen atoms in total. The normalized spacial score (nSPS) is 14.7. The summed E-state index contributed by atoms with van der Waals surface area (Å²) in [4.78, 5) is 42.7. The molecule has 5 aromatic rings. The van der Waals surface area contributed by atoms with Crippen LogP contribution >= 0.6 is 11.3 Å². The van der Waals surface area contributed by atoms with Gasteiger partial charge in [-0.1, -0.05) is 18.6 Å². The molecule has 0 aliphatic heterocycles. The highest BCUT2D eigenvalue weighted by Crippen LogP contribution is 2.36. The van der Waals surface area contributed by atoms with Gasteiger partial charge in [0.15, 0.2) is 22.9 Å². The van der Waals surface area contributed by atoms with Crippen molar-refractivity contribution < 1.29 is 14.0 Å². The van der Waals surface area contributed by atoms with Crippen LogP contribution in [0, 0.1) is 11.7 Å². The van der Waals surface area contributed by atoms with Crippen LogP contribution in [-0.2, 0) is 4.79 Å². The van der Waals surface area contributed by atoms with Crippen molar-refractivity contribution in [3.05, 3.63) is 76.9 Å². The molecule has 3 N–H and O–H groups in total. The summed E-state index contributed by atoms with van der Waals surface area (Å²) in [7, 11) is 0. The van der Waals surface area contributed by atoms with E-state index in [4.69, 9.17) is 0 Å². The van der Waals surface area contributed by atoms with Gasteiger partial charge in [-0.2, -0.15) is 5.10 Å². The molecular weight excluding hydrogens is 553 g/mol. The predicted molar refractivity (Wildman–Crippen MR) is 162 cm³/mol. The molecule has 0 saturated heterocycles. The lowest BCUT2D eigenvalue weighted by Crippen LogP contribution is -2.33. The Morgan fingerprint density at radius 1 is 1.14 bits per heavy atom. The van der Waals surface area contributed by atoms with E-state index in [9.17, 15) is 9.59 Å². The van der Waals surface area contributed by atoms with Gasteiger partial charge in [0.2, 0.25) is 5.91 Å². The van der Waals surface area contributed by atoms with Crippen LogP contribution in [0.2, 0.25) is 0 Å². The van der Waals surface area contributed by atoms with E-state index in [1.165, 1.54) is 24.5 Å². The summed E-state index contributed by atoms with van der Waals surface area (Å²) in [6.07, 6.45) is 13.1. The lowest BCUT2D eigenvalue weighted by atomic mass is 9.85. The summed E-state index contributed by atoms with van der Waals surface area (Å²) in [5.74, 6) is -0.167. The lowest BCUT2D eigenvalue weighted by Gasteiger charge is -2.24. The molecular formula is C31H28FN7O2S. The number of carbonyl (C=O) groups is 2. The molecule has 0 atom stereocenters. The lowest BCUT2D eigenvalue weighted by molar-refractivity contribution is -0.126. The number of nitrogens with one attached hydrogen (secondary N) is 3. The zero-order valence-corrected chi connectivity index (χ0v) is 24.1. The van der Waals surface area contributed by atoms with Crippen molar-refractivity contribution in [1.82, 2.24) is 35.5 Å². The molecule has 1 saturated carbocycles. The van der Waals surface area contributed by atoms with E-state index in [-0.39, 0.29) is 34.2 Å². The van der Waals surface area contributed by atoms with Gasteiger partial charge >= 0.3 is 0 Å². The molecule has 5 aromatic heterocycles. The first-order chi connectivity index (χ1) is 20.4. The largest absolute Gasteiger partial charge is 0.335 e. The van der Waals surface area contributed by atoms with Crippen molar-refractivity contribution in [2.75, 3.05) is 0 Å². The van der Waals surface area contributed by atoms with Gasteiger partial charge in [-0.3, -0.25) is 14.7 Å². The number of aromatic amines is 2. The number of pyridine rings is 2. The van der Waals surface area contributed by atoms with Crippen LogP contribution in [0.4, 0.5) is 4.39 Å². The third kappa shape index (κ3) is 4.96. The number of hydrogen-bond acceptors (Lipinski definition) is 7. The number of thiophene rings is 1. The SMILES string of the molecule is C/C=C/C(=C\C(=C/C)c1cnc2n[nH]c(-c3nc4nccc(-c5ccc(C(C)=O)s5)c4[nH]3)c2c1F)NC(=O)C1CCC1. The molecule has 0 aromatic carbocycles. The molecule has 1 fully saturated rings. The number of ketones is 1. The minimum absolute atomic E-state index is 0.00140. The number of allylic oxidation sites excluding steroid dienone is 5. The predicted octanol–water partition coefficient (Wildman–Crippen LogP) is 6.75. The Labute approximate surface area is 244 Å². The molecule has 1 amide bonds. The number of aromatic nitrogens is 6. The number of rotatable bonds is 8. The third-order valence-corrected chi connectivity index (χ3v) is 8.61. The van der Waals surface area contributed by atoms with Crippen LogP contribution in [0.25, 0.3) is 49.7 Å². The molecule has 11 heteroatoms.